The van der Waals surface area contributed by atoms with Crippen LogP contribution in [-0.4, -0.2) is 85.6 Å². The van der Waals surface area contributed by atoms with Gasteiger partial charge in [-0.15, -0.1) is 0 Å². The number of amides is 1. The number of aromatic nitrogens is 1. The number of pyridine rings is 1. The van der Waals surface area contributed by atoms with Gasteiger partial charge in [-0.3, -0.25) is 9.59 Å². The molecule has 1 aromatic carbocycles. The number of aliphatic hydroxyl groups is 2. The van der Waals surface area contributed by atoms with Crippen molar-refractivity contribution in [2.24, 2.45) is 5.92 Å². The lowest BCUT2D eigenvalue weighted by atomic mass is 9.82. The lowest BCUT2D eigenvalue weighted by molar-refractivity contribution is -0.159. The van der Waals surface area contributed by atoms with Crippen molar-refractivity contribution in [3.05, 3.63) is 45.7 Å². The number of hydrogen-bond donors (Lipinski definition) is 5. The summed E-state index contributed by atoms with van der Waals surface area (Å²) < 4.78 is 1.71. The van der Waals surface area contributed by atoms with E-state index in [4.69, 9.17) is 19.8 Å². The summed E-state index contributed by atoms with van der Waals surface area (Å²) in [5.74, 6) is -3.59. The summed E-state index contributed by atoms with van der Waals surface area (Å²) in [7, 11) is 0. The first-order valence-corrected chi connectivity index (χ1v) is 13.8. The van der Waals surface area contributed by atoms with Crippen molar-refractivity contribution in [1.29, 1.82) is 0 Å². The highest BCUT2D eigenvalue weighted by molar-refractivity contribution is 6.27. The van der Waals surface area contributed by atoms with Crippen LogP contribution in [0.2, 0.25) is 0 Å². The maximum atomic E-state index is 13.2. The predicted molar refractivity (Wildman–Crippen MR) is 150 cm³/mol. The van der Waals surface area contributed by atoms with Crippen molar-refractivity contribution in [2.45, 2.75) is 77.0 Å². The number of nitrogens with one attached hydrogen (secondary N) is 1. The van der Waals surface area contributed by atoms with Gasteiger partial charge >= 0.3 is 11.9 Å². The van der Waals surface area contributed by atoms with E-state index in [9.17, 15) is 19.8 Å². The van der Waals surface area contributed by atoms with E-state index in [1.54, 1.807) is 10.6 Å². The molecular formula is C29H41N3O8. The molecule has 2 fully saturated rings. The van der Waals surface area contributed by atoms with Gasteiger partial charge in [0, 0.05) is 24.5 Å². The van der Waals surface area contributed by atoms with Crippen molar-refractivity contribution in [2.75, 3.05) is 26.2 Å². The molecule has 2 aromatic rings. The molecule has 0 spiro atoms. The number of carbonyl (C=O) groups is 3. The first-order valence-electron chi connectivity index (χ1n) is 13.8. The first-order chi connectivity index (χ1) is 18.8. The number of fused-ring (bicyclic) bond motifs is 1. The zero-order valence-electron chi connectivity index (χ0n) is 23.4. The second-order valence-corrected chi connectivity index (χ2v) is 11.3. The Bertz CT molecular complexity index is 1260. The number of nitrogens with zero attached hydrogens (tertiary/aromatic N) is 2. The van der Waals surface area contributed by atoms with E-state index in [1.807, 2.05) is 39.0 Å². The highest BCUT2D eigenvalue weighted by Gasteiger charge is 2.35. The first kappa shape index (κ1) is 31.3. The predicted octanol–water partition coefficient (Wildman–Crippen LogP) is 2.15. The minimum Gasteiger partial charge on any atom is -0.473 e. The number of carboxylic acid groups (broad SMARTS) is 2. The van der Waals surface area contributed by atoms with Crippen LogP contribution >= 0.6 is 0 Å². The van der Waals surface area contributed by atoms with Crippen LogP contribution in [0.5, 0.6) is 0 Å². The SMILES string of the molecule is Cc1cccc2c1cc(C(=O)NCC1CCN(C[C@]3(O)CC[C@H](O)CC3)CC1)c(=O)n2C(C)C.O=C(O)C(=O)O. The zero-order valence-corrected chi connectivity index (χ0v) is 23.4. The standard InChI is InChI=1S/C27H39N3O4.C2H2O4/c1-18(2)30-24-6-4-5-19(3)22(24)15-23(26(30)33)25(32)28-16-20-9-13-29(14-10-20)17-27(34)11-7-21(31)8-12-27;3-1(4)2(5)6/h4-6,15,18,20-21,31,34H,7-14,16-17H2,1-3H3,(H,28,32);(H,3,4)(H,5,6)/t21-,27-;. The molecule has 0 radical (unpaired) electrons. The highest BCUT2D eigenvalue weighted by atomic mass is 16.4. The van der Waals surface area contributed by atoms with Crippen LogP contribution in [0.25, 0.3) is 10.9 Å². The van der Waals surface area contributed by atoms with Gasteiger partial charge in [0.2, 0.25) is 0 Å². The summed E-state index contributed by atoms with van der Waals surface area (Å²) in [5, 5.41) is 39.3. The van der Waals surface area contributed by atoms with Crippen LogP contribution in [-0.2, 0) is 9.59 Å². The molecule has 1 aliphatic heterocycles. The number of β-amino-alcohol motifs (C(OH)–C–C–N with tert-alkyl or cyclic N) is 1. The summed E-state index contributed by atoms with van der Waals surface area (Å²) >= 11 is 0. The zero-order chi connectivity index (χ0) is 29.6. The van der Waals surface area contributed by atoms with E-state index in [0.717, 1.165) is 42.4 Å². The molecule has 0 unspecified atom stereocenters. The molecule has 0 bridgehead atoms. The van der Waals surface area contributed by atoms with Gasteiger partial charge in [-0.2, -0.15) is 0 Å². The number of rotatable bonds is 6. The number of benzene rings is 1. The summed E-state index contributed by atoms with van der Waals surface area (Å²) in [4.78, 5) is 46.7. The number of aliphatic hydroxyl groups excluding tert-OH is 1. The Hall–Kier alpha value is -3.28. The molecule has 0 atom stereocenters. The van der Waals surface area contributed by atoms with Gasteiger partial charge in [-0.25, -0.2) is 9.59 Å². The van der Waals surface area contributed by atoms with E-state index in [0.29, 0.717) is 44.7 Å². The monoisotopic (exact) mass is 559 g/mol. The second kappa shape index (κ2) is 13.4. The third-order valence-corrected chi connectivity index (χ3v) is 7.90. The minimum atomic E-state index is -1.82. The molecule has 11 heteroatoms. The highest BCUT2D eigenvalue weighted by Crippen LogP contribution is 2.30. The molecule has 4 rings (SSSR count). The average molecular weight is 560 g/mol. The maximum Gasteiger partial charge on any atom is 0.414 e. The van der Waals surface area contributed by atoms with E-state index in [-0.39, 0.29) is 29.2 Å². The number of aliphatic carboxylic acids is 2. The lowest BCUT2D eigenvalue weighted by Crippen LogP contribution is -2.49. The molecule has 40 heavy (non-hydrogen) atoms. The Morgan fingerprint density at radius 2 is 1.65 bits per heavy atom. The lowest BCUT2D eigenvalue weighted by Gasteiger charge is -2.41. The molecular weight excluding hydrogens is 518 g/mol. The van der Waals surface area contributed by atoms with E-state index in [2.05, 4.69) is 10.2 Å². The summed E-state index contributed by atoms with van der Waals surface area (Å²) in [6.07, 6.45) is 4.29. The Kier molecular flexibility index (Phi) is 10.5. The maximum absolute atomic E-state index is 13.2. The Morgan fingerprint density at radius 1 is 1.05 bits per heavy atom. The van der Waals surface area contributed by atoms with Crippen LogP contribution in [0.3, 0.4) is 0 Å². The fourth-order valence-electron chi connectivity index (χ4n) is 5.58. The van der Waals surface area contributed by atoms with Gasteiger partial charge in [0.05, 0.1) is 17.2 Å². The van der Waals surface area contributed by atoms with E-state index in [1.165, 1.54) is 0 Å². The minimum absolute atomic E-state index is 0.0453. The van der Waals surface area contributed by atoms with Gasteiger partial charge in [0.25, 0.3) is 11.5 Å². The topological polar surface area (TPSA) is 169 Å². The number of hydrogen-bond acceptors (Lipinski definition) is 7. The molecule has 1 amide bonds. The number of carboxylic acids is 2. The van der Waals surface area contributed by atoms with Crippen molar-refractivity contribution in [1.82, 2.24) is 14.8 Å². The third-order valence-electron chi connectivity index (χ3n) is 7.90. The summed E-state index contributed by atoms with van der Waals surface area (Å²) in [6, 6.07) is 7.57. The molecule has 5 N–H and O–H groups in total. The largest absolute Gasteiger partial charge is 0.473 e. The van der Waals surface area contributed by atoms with Crippen molar-refractivity contribution < 1.29 is 34.8 Å². The van der Waals surface area contributed by atoms with Gasteiger partial charge in [0.15, 0.2) is 0 Å². The molecule has 1 saturated carbocycles. The molecule has 1 aromatic heterocycles. The summed E-state index contributed by atoms with van der Waals surface area (Å²) in [6.45, 7) is 8.91. The van der Waals surface area contributed by atoms with Crippen LogP contribution in [0.15, 0.2) is 29.1 Å². The molecule has 1 aliphatic carbocycles. The quantitative estimate of drug-likeness (QED) is 0.333. The van der Waals surface area contributed by atoms with Crippen LogP contribution in [0, 0.1) is 12.8 Å². The molecule has 2 heterocycles. The molecule has 11 nitrogen and oxygen atoms in total. The Labute approximate surface area is 233 Å². The third kappa shape index (κ3) is 7.89. The van der Waals surface area contributed by atoms with Crippen LogP contribution < -0.4 is 10.9 Å². The summed E-state index contributed by atoms with van der Waals surface area (Å²) in [5.41, 5.74) is 1.17. The fraction of sp³-hybridized carbons (Fsp3) is 0.586. The molecule has 220 valence electrons. The van der Waals surface area contributed by atoms with Gasteiger partial charge in [0.1, 0.15) is 5.56 Å². The molecule has 2 aliphatic rings. The normalized spacial score (nSPS) is 22.0. The van der Waals surface area contributed by atoms with Crippen LogP contribution in [0.4, 0.5) is 0 Å². The van der Waals surface area contributed by atoms with Gasteiger partial charge < -0.3 is 35.2 Å². The Balaban J connectivity index is 0.000000663. The van der Waals surface area contributed by atoms with Gasteiger partial charge in [-0.05, 0) is 96.0 Å². The number of carbonyl (C=O) groups excluding carboxylic acids is 1. The van der Waals surface area contributed by atoms with Gasteiger partial charge in [-0.1, -0.05) is 12.1 Å². The Morgan fingerprint density at radius 3 is 2.20 bits per heavy atom. The van der Waals surface area contributed by atoms with E-state index < -0.39 is 17.5 Å². The van der Waals surface area contributed by atoms with Crippen molar-refractivity contribution in [3.8, 4) is 0 Å². The number of likely N-dealkylation sites (tertiary alicyclic amines) is 1. The van der Waals surface area contributed by atoms with E-state index >= 15 is 0 Å². The smallest absolute Gasteiger partial charge is 0.414 e. The fourth-order valence-corrected chi connectivity index (χ4v) is 5.58. The number of piperidine rings is 1. The second-order valence-electron chi connectivity index (χ2n) is 11.3. The van der Waals surface area contributed by atoms with Crippen molar-refractivity contribution >= 4 is 28.7 Å². The van der Waals surface area contributed by atoms with Crippen molar-refractivity contribution in [3.63, 3.8) is 0 Å². The average Bonchev–Trinajstić information content (AvgIpc) is 2.90. The van der Waals surface area contributed by atoms with Crippen LogP contribution in [0.1, 0.15) is 74.3 Å². The number of aryl methyl sites for hydroxylation is 1. The molecule has 1 saturated heterocycles.